The Labute approximate surface area is 118 Å². The lowest BCUT2D eigenvalue weighted by Crippen LogP contribution is -2.67. The van der Waals surface area contributed by atoms with Crippen LogP contribution < -0.4 is 0 Å². The molecule has 1 saturated carbocycles. The molecule has 0 amide bonds. The van der Waals surface area contributed by atoms with Crippen LogP contribution in [0.15, 0.2) is 22.3 Å². The van der Waals surface area contributed by atoms with Gasteiger partial charge < -0.3 is 0 Å². The minimum Gasteiger partial charge on any atom is -0.166 e. The van der Waals surface area contributed by atoms with Crippen LogP contribution in [0, 0.1) is 10.8 Å². The highest BCUT2D eigenvalue weighted by Crippen LogP contribution is 2.83. The predicted octanol–water partition coefficient (Wildman–Crippen LogP) is 5.71. The average molecular weight is 310 g/mol. The molecular formula is C15H16F6. The van der Waals surface area contributed by atoms with Gasteiger partial charge in [-0.1, -0.05) is 30.4 Å². The van der Waals surface area contributed by atoms with Crippen LogP contribution in [0.5, 0.6) is 0 Å². The van der Waals surface area contributed by atoms with E-state index in [2.05, 4.69) is 0 Å². The van der Waals surface area contributed by atoms with E-state index >= 15 is 0 Å². The molecule has 118 valence electrons. The topological polar surface area (TPSA) is 0 Å². The van der Waals surface area contributed by atoms with Crippen molar-refractivity contribution in [3.63, 3.8) is 0 Å². The largest absolute Gasteiger partial charge is 0.413 e. The lowest BCUT2D eigenvalue weighted by Gasteiger charge is -2.70. The van der Waals surface area contributed by atoms with Crippen molar-refractivity contribution < 1.29 is 26.3 Å². The summed E-state index contributed by atoms with van der Waals surface area (Å²) in [4.78, 5) is 0. The van der Waals surface area contributed by atoms with Crippen molar-refractivity contribution in [1.82, 2.24) is 0 Å². The van der Waals surface area contributed by atoms with Crippen LogP contribution in [0.4, 0.5) is 26.3 Å². The molecule has 0 bridgehead atoms. The molecule has 21 heavy (non-hydrogen) atoms. The number of hydrogen-bond donors (Lipinski definition) is 0. The number of alkyl halides is 6. The number of allylic oxidation sites excluding steroid dienone is 4. The van der Waals surface area contributed by atoms with Crippen molar-refractivity contribution in [1.29, 1.82) is 0 Å². The van der Waals surface area contributed by atoms with Crippen LogP contribution in [0.2, 0.25) is 0 Å². The SMILES string of the molecule is CC1=C(C)[C@@]23CCCCC[C@@]12C(C(F)(F)F)=C3C(F)(F)F. The first-order chi connectivity index (χ1) is 9.51. The van der Waals surface area contributed by atoms with Gasteiger partial charge in [0.15, 0.2) is 0 Å². The average Bonchev–Trinajstić information content (AvgIpc) is 2.41. The monoisotopic (exact) mass is 310 g/mol. The Balaban J connectivity index is 2.29. The predicted molar refractivity (Wildman–Crippen MR) is 65.5 cm³/mol. The second-order valence-electron chi connectivity index (χ2n) is 6.37. The van der Waals surface area contributed by atoms with Gasteiger partial charge in [0.05, 0.1) is 11.1 Å². The highest BCUT2D eigenvalue weighted by Gasteiger charge is 2.80. The number of hydrogen-bond acceptors (Lipinski definition) is 0. The molecule has 0 saturated heterocycles. The van der Waals surface area contributed by atoms with Gasteiger partial charge in [-0.15, -0.1) is 0 Å². The van der Waals surface area contributed by atoms with Crippen LogP contribution in [-0.4, -0.2) is 12.4 Å². The second kappa shape index (κ2) is 3.87. The molecule has 0 spiro atoms. The van der Waals surface area contributed by atoms with Crippen LogP contribution in [-0.2, 0) is 0 Å². The minimum atomic E-state index is -4.92. The molecule has 0 aromatic heterocycles. The molecule has 0 nitrogen and oxygen atoms in total. The molecule has 0 N–H and O–H groups in total. The van der Waals surface area contributed by atoms with Crippen LogP contribution >= 0.6 is 0 Å². The van der Waals surface area contributed by atoms with Crippen LogP contribution in [0.3, 0.4) is 0 Å². The summed E-state index contributed by atoms with van der Waals surface area (Å²) in [5.41, 5.74) is -4.43. The quantitative estimate of drug-likeness (QED) is 0.397. The van der Waals surface area contributed by atoms with Gasteiger partial charge in [0.1, 0.15) is 0 Å². The van der Waals surface area contributed by atoms with Crippen molar-refractivity contribution in [3.05, 3.63) is 22.3 Å². The summed E-state index contributed by atoms with van der Waals surface area (Å²) in [6.45, 7) is 3.13. The van der Waals surface area contributed by atoms with E-state index in [-0.39, 0.29) is 12.8 Å². The summed E-state index contributed by atoms with van der Waals surface area (Å²) in [5.74, 6) is 0. The third kappa shape index (κ3) is 1.44. The van der Waals surface area contributed by atoms with E-state index in [1.54, 1.807) is 13.8 Å². The summed E-state index contributed by atoms with van der Waals surface area (Å²) in [7, 11) is 0. The van der Waals surface area contributed by atoms with Gasteiger partial charge in [0.25, 0.3) is 0 Å². The Hall–Kier alpha value is -0.940. The fraction of sp³-hybridized carbons (Fsp3) is 0.733. The molecule has 6 heteroatoms. The second-order valence-corrected chi connectivity index (χ2v) is 6.37. The van der Waals surface area contributed by atoms with Crippen molar-refractivity contribution in [2.45, 2.75) is 58.3 Å². The maximum absolute atomic E-state index is 13.4. The maximum atomic E-state index is 13.4. The maximum Gasteiger partial charge on any atom is 0.413 e. The molecule has 0 unspecified atom stereocenters. The number of rotatable bonds is 0. The molecule has 3 rings (SSSR count). The van der Waals surface area contributed by atoms with Gasteiger partial charge in [0.2, 0.25) is 0 Å². The Kier molecular flexibility index (Phi) is 2.76. The van der Waals surface area contributed by atoms with Gasteiger partial charge in [-0.2, -0.15) is 26.3 Å². The summed E-state index contributed by atoms with van der Waals surface area (Å²) >= 11 is 0. The van der Waals surface area contributed by atoms with E-state index in [0.717, 1.165) is 0 Å². The molecule has 0 aliphatic heterocycles. The summed E-state index contributed by atoms with van der Waals surface area (Å²) < 4.78 is 80.1. The molecule has 0 aromatic carbocycles. The lowest BCUT2D eigenvalue weighted by atomic mass is 9.32. The highest BCUT2D eigenvalue weighted by atomic mass is 19.4. The van der Waals surface area contributed by atoms with Gasteiger partial charge >= 0.3 is 12.4 Å². The fourth-order valence-corrected chi connectivity index (χ4v) is 5.16. The summed E-state index contributed by atoms with van der Waals surface area (Å²) in [5, 5.41) is 0. The molecule has 0 heterocycles. The van der Waals surface area contributed by atoms with E-state index in [4.69, 9.17) is 0 Å². The Bertz CT molecular complexity index is 514. The van der Waals surface area contributed by atoms with Crippen LogP contribution in [0.1, 0.15) is 46.0 Å². The first-order valence-electron chi connectivity index (χ1n) is 7.09. The molecule has 0 radical (unpaired) electrons. The van der Waals surface area contributed by atoms with Crippen LogP contribution in [0.25, 0.3) is 0 Å². The highest BCUT2D eigenvalue weighted by molar-refractivity contribution is 5.68. The van der Waals surface area contributed by atoms with Gasteiger partial charge in [0, 0.05) is 10.8 Å². The van der Waals surface area contributed by atoms with E-state index in [0.29, 0.717) is 30.4 Å². The zero-order valence-corrected chi connectivity index (χ0v) is 11.8. The molecular weight excluding hydrogens is 294 g/mol. The van der Waals surface area contributed by atoms with Gasteiger partial charge in [-0.05, 0) is 26.7 Å². The van der Waals surface area contributed by atoms with E-state index in [1.165, 1.54) is 0 Å². The minimum absolute atomic E-state index is 0.185. The normalized spacial score (nSPS) is 36.6. The van der Waals surface area contributed by atoms with Crippen molar-refractivity contribution in [3.8, 4) is 0 Å². The lowest BCUT2D eigenvalue weighted by molar-refractivity contribution is -0.178. The van der Waals surface area contributed by atoms with E-state index < -0.39 is 34.3 Å². The standard InChI is InChI=1S/C15H16F6/c1-8-9(2)13-7-5-3-4-6-12(8,13)10(14(16,17)18)11(13)15(19,20)21/h3-7H2,1-2H3/t12-,13+. The molecule has 3 aliphatic carbocycles. The van der Waals surface area contributed by atoms with E-state index in [9.17, 15) is 26.3 Å². The molecule has 1 fully saturated rings. The van der Waals surface area contributed by atoms with Gasteiger partial charge in [-0.3, -0.25) is 0 Å². The molecule has 3 aliphatic rings. The molecule has 2 atom stereocenters. The number of halogens is 6. The summed E-state index contributed by atoms with van der Waals surface area (Å²) in [6, 6.07) is 0. The zero-order chi connectivity index (χ0) is 15.8. The Morgan fingerprint density at radius 2 is 1.00 bits per heavy atom. The third-order valence-electron chi connectivity index (χ3n) is 5.85. The Morgan fingerprint density at radius 3 is 1.29 bits per heavy atom. The zero-order valence-electron chi connectivity index (χ0n) is 11.8. The summed E-state index contributed by atoms with van der Waals surface area (Å²) in [6.07, 6.45) is -7.66. The van der Waals surface area contributed by atoms with Crippen molar-refractivity contribution in [2.24, 2.45) is 10.8 Å². The first-order valence-corrected chi connectivity index (χ1v) is 7.09. The smallest absolute Gasteiger partial charge is 0.166 e. The third-order valence-corrected chi connectivity index (χ3v) is 5.85. The molecule has 0 aromatic rings. The van der Waals surface area contributed by atoms with Crippen molar-refractivity contribution >= 4 is 0 Å². The fourth-order valence-electron chi connectivity index (χ4n) is 5.16. The Morgan fingerprint density at radius 1 is 0.667 bits per heavy atom. The van der Waals surface area contributed by atoms with Crippen molar-refractivity contribution in [2.75, 3.05) is 0 Å². The first kappa shape index (κ1) is 15.0. The van der Waals surface area contributed by atoms with Gasteiger partial charge in [-0.25, -0.2) is 0 Å². The van der Waals surface area contributed by atoms with E-state index in [1.807, 2.05) is 0 Å².